The summed E-state index contributed by atoms with van der Waals surface area (Å²) in [6, 6.07) is 21.2. The van der Waals surface area contributed by atoms with E-state index in [1.54, 1.807) is 0 Å². The minimum absolute atomic E-state index is 0.0439. The molecule has 0 bridgehead atoms. The Hall–Kier alpha value is -1.92. The summed E-state index contributed by atoms with van der Waals surface area (Å²) in [4.78, 5) is 15.3. The third kappa shape index (κ3) is 4.39. The number of hydrogen-bond donors (Lipinski definition) is 1. The predicted molar refractivity (Wildman–Crippen MR) is 124 cm³/mol. The van der Waals surface area contributed by atoms with Gasteiger partial charge in [-0.1, -0.05) is 42.5 Å². The molecule has 1 amide bonds. The normalized spacial score (nSPS) is 17.6. The molecule has 3 nitrogen and oxygen atoms in total. The number of piperidine rings is 1. The SMILES string of the molecule is Cc1cc(I)ccc1NC(=O)C1CCCN(Cc2cccc3ccccc23)C1. The molecule has 144 valence electrons. The lowest BCUT2D eigenvalue weighted by Crippen LogP contribution is -2.40. The van der Waals surface area contributed by atoms with Crippen LogP contribution in [0, 0.1) is 16.4 Å². The van der Waals surface area contributed by atoms with Gasteiger partial charge in [0, 0.05) is 22.3 Å². The van der Waals surface area contributed by atoms with Gasteiger partial charge in [-0.25, -0.2) is 0 Å². The zero-order valence-electron chi connectivity index (χ0n) is 16.1. The first-order valence-electron chi connectivity index (χ1n) is 9.86. The summed E-state index contributed by atoms with van der Waals surface area (Å²) >= 11 is 2.30. The smallest absolute Gasteiger partial charge is 0.228 e. The molecule has 1 aliphatic heterocycles. The Kier molecular flexibility index (Phi) is 5.97. The number of amides is 1. The van der Waals surface area contributed by atoms with Crippen LogP contribution in [-0.4, -0.2) is 23.9 Å². The third-order valence-corrected chi connectivity index (χ3v) is 6.27. The van der Waals surface area contributed by atoms with Crippen LogP contribution in [-0.2, 0) is 11.3 Å². The molecule has 3 aromatic carbocycles. The van der Waals surface area contributed by atoms with Crippen molar-refractivity contribution in [3.63, 3.8) is 0 Å². The van der Waals surface area contributed by atoms with Crippen molar-refractivity contribution in [1.82, 2.24) is 4.90 Å². The first-order valence-corrected chi connectivity index (χ1v) is 10.9. The number of carbonyl (C=O) groups excluding carboxylic acids is 1. The average molecular weight is 484 g/mol. The van der Waals surface area contributed by atoms with E-state index in [0.717, 1.165) is 43.7 Å². The van der Waals surface area contributed by atoms with Crippen LogP contribution in [0.2, 0.25) is 0 Å². The number of benzene rings is 3. The van der Waals surface area contributed by atoms with Gasteiger partial charge in [0.15, 0.2) is 0 Å². The number of nitrogens with one attached hydrogen (secondary N) is 1. The van der Waals surface area contributed by atoms with Gasteiger partial charge in [0.2, 0.25) is 5.91 Å². The largest absolute Gasteiger partial charge is 0.326 e. The van der Waals surface area contributed by atoms with Crippen LogP contribution in [0.5, 0.6) is 0 Å². The van der Waals surface area contributed by atoms with E-state index < -0.39 is 0 Å². The zero-order chi connectivity index (χ0) is 19.5. The van der Waals surface area contributed by atoms with E-state index in [9.17, 15) is 4.79 Å². The number of halogens is 1. The summed E-state index contributed by atoms with van der Waals surface area (Å²) in [7, 11) is 0. The van der Waals surface area contributed by atoms with E-state index in [0.29, 0.717) is 0 Å². The number of likely N-dealkylation sites (tertiary alicyclic amines) is 1. The van der Waals surface area contributed by atoms with E-state index in [-0.39, 0.29) is 11.8 Å². The molecule has 4 rings (SSSR count). The molecule has 0 aromatic heterocycles. The van der Waals surface area contributed by atoms with Crippen molar-refractivity contribution in [3.8, 4) is 0 Å². The number of fused-ring (bicyclic) bond motifs is 1. The lowest BCUT2D eigenvalue weighted by molar-refractivity contribution is -0.121. The molecule has 1 atom stereocenters. The Balaban J connectivity index is 1.44. The second-order valence-electron chi connectivity index (χ2n) is 7.66. The maximum atomic E-state index is 12.9. The van der Waals surface area contributed by atoms with Crippen molar-refractivity contribution in [2.24, 2.45) is 5.92 Å². The molecule has 1 aliphatic rings. The molecule has 1 N–H and O–H groups in total. The molecule has 0 aliphatic carbocycles. The summed E-state index contributed by atoms with van der Waals surface area (Å²) in [5, 5.41) is 5.74. The summed E-state index contributed by atoms with van der Waals surface area (Å²) in [5.41, 5.74) is 3.38. The molecule has 1 fully saturated rings. The summed E-state index contributed by atoms with van der Waals surface area (Å²) in [6.45, 7) is 4.81. The Bertz CT molecular complexity index is 996. The first kappa shape index (κ1) is 19.4. The van der Waals surface area contributed by atoms with Crippen molar-refractivity contribution in [2.75, 3.05) is 18.4 Å². The fourth-order valence-corrected chi connectivity index (χ4v) is 4.73. The summed E-state index contributed by atoms with van der Waals surface area (Å²) in [5.74, 6) is 0.189. The van der Waals surface area contributed by atoms with E-state index in [1.165, 1.54) is 19.9 Å². The van der Waals surface area contributed by atoms with Crippen molar-refractivity contribution in [3.05, 3.63) is 75.4 Å². The zero-order valence-corrected chi connectivity index (χ0v) is 18.3. The first-order chi connectivity index (χ1) is 13.6. The van der Waals surface area contributed by atoms with Crippen LogP contribution in [0.25, 0.3) is 10.8 Å². The third-order valence-electron chi connectivity index (χ3n) is 5.60. The number of hydrogen-bond acceptors (Lipinski definition) is 2. The molecule has 3 aromatic rings. The standard InChI is InChI=1S/C24H25IN2O/c1-17-14-21(25)11-12-23(17)26-24(28)20-9-5-13-27(16-20)15-19-8-4-7-18-6-2-3-10-22(18)19/h2-4,6-8,10-12,14,20H,5,9,13,15-16H2,1H3,(H,26,28). The van der Waals surface area contributed by atoms with E-state index in [4.69, 9.17) is 0 Å². The maximum Gasteiger partial charge on any atom is 0.228 e. The minimum atomic E-state index is 0.0439. The van der Waals surface area contributed by atoms with Crippen LogP contribution >= 0.6 is 22.6 Å². The number of carbonyl (C=O) groups is 1. The van der Waals surface area contributed by atoms with Crippen LogP contribution in [0.1, 0.15) is 24.0 Å². The minimum Gasteiger partial charge on any atom is -0.326 e. The van der Waals surface area contributed by atoms with Gasteiger partial charge < -0.3 is 5.32 Å². The Morgan fingerprint density at radius 1 is 1.14 bits per heavy atom. The topological polar surface area (TPSA) is 32.3 Å². The molecule has 1 saturated heterocycles. The highest BCUT2D eigenvalue weighted by Crippen LogP contribution is 2.25. The summed E-state index contributed by atoms with van der Waals surface area (Å²) < 4.78 is 1.19. The maximum absolute atomic E-state index is 12.9. The van der Waals surface area contributed by atoms with Gasteiger partial charge in [-0.15, -0.1) is 0 Å². The highest BCUT2D eigenvalue weighted by Gasteiger charge is 2.26. The number of aryl methyl sites for hydroxylation is 1. The van der Waals surface area contributed by atoms with Crippen LogP contribution in [0.15, 0.2) is 60.7 Å². The Morgan fingerprint density at radius 3 is 2.82 bits per heavy atom. The molecule has 1 unspecified atom stereocenters. The van der Waals surface area contributed by atoms with E-state index >= 15 is 0 Å². The molecule has 0 spiro atoms. The van der Waals surface area contributed by atoms with Gasteiger partial charge in [0.05, 0.1) is 5.92 Å². The van der Waals surface area contributed by atoms with Crippen molar-refractivity contribution < 1.29 is 4.79 Å². The second kappa shape index (κ2) is 8.62. The van der Waals surface area contributed by atoms with E-state index in [1.807, 2.05) is 19.1 Å². The number of nitrogens with zero attached hydrogens (tertiary/aromatic N) is 1. The second-order valence-corrected chi connectivity index (χ2v) is 8.91. The number of anilines is 1. The lowest BCUT2D eigenvalue weighted by atomic mass is 9.95. The fourth-order valence-electron chi connectivity index (χ4n) is 4.09. The van der Waals surface area contributed by atoms with Crippen molar-refractivity contribution >= 4 is 45.0 Å². The van der Waals surface area contributed by atoms with Gasteiger partial charge in [0.1, 0.15) is 0 Å². The highest BCUT2D eigenvalue weighted by atomic mass is 127. The predicted octanol–water partition coefficient (Wildman–Crippen LogP) is 5.60. The lowest BCUT2D eigenvalue weighted by Gasteiger charge is -2.32. The van der Waals surface area contributed by atoms with Gasteiger partial charge in [-0.3, -0.25) is 9.69 Å². The van der Waals surface area contributed by atoms with Crippen molar-refractivity contribution in [1.29, 1.82) is 0 Å². The monoisotopic (exact) mass is 484 g/mol. The van der Waals surface area contributed by atoms with Gasteiger partial charge in [-0.2, -0.15) is 0 Å². The van der Waals surface area contributed by atoms with Crippen LogP contribution < -0.4 is 5.32 Å². The summed E-state index contributed by atoms with van der Waals surface area (Å²) in [6.07, 6.45) is 2.02. The van der Waals surface area contributed by atoms with E-state index in [2.05, 4.69) is 81.3 Å². The average Bonchev–Trinajstić information content (AvgIpc) is 2.70. The van der Waals surface area contributed by atoms with Crippen molar-refractivity contribution in [2.45, 2.75) is 26.3 Å². The molecule has 0 saturated carbocycles. The van der Waals surface area contributed by atoms with Crippen LogP contribution in [0.4, 0.5) is 5.69 Å². The van der Waals surface area contributed by atoms with Gasteiger partial charge >= 0.3 is 0 Å². The highest BCUT2D eigenvalue weighted by molar-refractivity contribution is 14.1. The van der Waals surface area contributed by atoms with Gasteiger partial charge in [0.25, 0.3) is 0 Å². The molecule has 0 radical (unpaired) electrons. The van der Waals surface area contributed by atoms with Gasteiger partial charge in [-0.05, 0) is 89.0 Å². The molecule has 28 heavy (non-hydrogen) atoms. The fraction of sp³-hybridized carbons (Fsp3) is 0.292. The number of rotatable bonds is 4. The molecular formula is C24H25IN2O. The quantitative estimate of drug-likeness (QED) is 0.489. The van der Waals surface area contributed by atoms with Crippen LogP contribution in [0.3, 0.4) is 0 Å². The molecule has 4 heteroatoms. The Labute approximate surface area is 180 Å². The Morgan fingerprint density at radius 2 is 1.96 bits per heavy atom. The molecule has 1 heterocycles. The molecular weight excluding hydrogens is 459 g/mol.